The highest BCUT2D eigenvalue weighted by molar-refractivity contribution is 5.81. The van der Waals surface area contributed by atoms with E-state index in [-0.39, 0.29) is 11.9 Å². The molecule has 1 aliphatic rings. The zero-order valence-corrected chi connectivity index (χ0v) is 12.6. The molecule has 0 saturated carbocycles. The van der Waals surface area contributed by atoms with Crippen LogP contribution in [-0.4, -0.2) is 62.8 Å². The van der Waals surface area contributed by atoms with E-state index in [0.29, 0.717) is 19.2 Å². The Kier molecular flexibility index (Phi) is 8.02. The van der Waals surface area contributed by atoms with Gasteiger partial charge in [-0.15, -0.1) is 0 Å². The highest BCUT2D eigenvalue weighted by Crippen LogP contribution is 2.19. The highest BCUT2D eigenvalue weighted by atomic mass is 16.5. The summed E-state index contributed by atoms with van der Waals surface area (Å²) >= 11 is 0. The molecule has 1 amide bonds. The predicted molar refractivity (Wildman–Crippen MR) is 77.2 cm³/mol. The summed E-state index contributed by atoms with van der Waals surface area (Å²) in [6, 6.07) is 0.428. The standard InChI is InChI=1S/C14H29N3O2/c1-4-15-11-13-7-5-6-9-17(13)12(2)14(18)16-8-10-19-3/h12-13,15H,4-11H2,1-3H3,(H,16,18). The second-order valence-electron chi connectivity index (χ2n) is 5.15. The SMILES string of the molecule is CCNCC1CCCCN1C(C)C(=O)NCCOC. The van der Waals surface area contributed by atoms with E-state index in [0.717, 1.165) is 19.6 Å². The van der Waals surface area contributed by atoms with Crippen molar-refractivity contribution in [2.45, 2.75) is 45.2 Å². The normalized spacial score (nSPS) is 22.2. The van der Waals surface area contributed by atoms with Crippen LogP contribution in [0, 0.1) is 0 Å². The summed E-state index contributed by atoms with van der Waals surface area (Å²) in [6.07, 6.45) is 3.64. The van der Waals surface area contributed by atoms with Gasteiger partial charge in [-0.3, -0.25) is 9.69 Å². The molecule has 1 rings (SSSR count). The van der Waals surface area contributed by atoms with Gasteiger partial charge in [0, 0.05) is 26.2 Å². The molecule has 0 spiro atoms. The van der Waals surface area contributed by atoms with Gasteiger partial charge in [0.25, 0.3) is 0 Å². The van der Waals surface area contributed by atoms with Gasteiger partial charge in [-0.2, -0.15) is 0 Å². The van der Waals surface area contributed by atoms with Crippen molar-refractivity contribution >= 4 is 5.91 Å². The van der Waals surface area contributed by atoms with E-state index in [4.69, 9.17) is 4.74 Å². The number of rotatable bonds is 8. The zero-order valence-electron chi connectivity index (χ0n) is 12.6. The average molecular weight is 271 g/mol. The van der Waals surface area contributed by atoms with Gasteiger partial charge in [-0.1, -0.05) is 13.3 Å². The second-order valence-corrected chi connectivity index (χ2v) is 5.15. The van der Waals surface area contributed by atoms with Gasteiger partial charge >= 0.3 is 0 Å². The number of likely N-dealkylation sites (tertiary alicyclic amines) is 1. The molecule has 0 aromatic heterocycles. The number of hydrogen-bond donors (Lipinski definition) is 2. The molecule has 0 radical (unpaired) electrons. The average Bonchev–Trinajstić information content (AvgIpc) is 2.44. The van der Waals surface area contributed by atoms with Crippen molar-refractivity contribution in [3.05, 3.63) is 0 Å². The van der Waals surface area contributed by atoms with Crippen LogP contribution >= 0.6 is 0 Å². The Labute approximate surface area is 117 Å². The molecule has 1 saturated heterocycles. The van der Waals surface area contributed by atoms with E-state index in [1.807, 2.05) is 6.92 Å². The van der Waals surface area contributed by atoms with Gasteiger partial charge in [0.2, 0.25) is 5.91 Å². The van der Waals surface area contributed by atoms with Crippen molar-refractivity contribution < 1.29 is 9.53 Å². The van der Waals surface area contributed by atoms with Crippen LogP contribution in [0.5, 0.6) is 0 Å². The number of carbonyl (C=O) groups excluding carboxylic acids is 1. The lowest BCUT2D eigenvalue weighted by molar-refractivity contribution is -0.127. The molecule has 5 nitrogen and oxygen atoms in total. The first-order chi connectivity index (χ1) is 9.20. The fourth-order valence-electron chi connectivity index (χ4n) is 2.64. The number of piperidine rings is 1. The molecular formula is C14H29N3O2. The van der Waals surface area contributed by atoms with Crippen LogP contribution in [0.25, 0.3) is 0 Å². The van der Waals surface area contributed by atoms with Crippen LogP contribution in [-0.2, 0) is 9.53 Å². The minimum absolute atomic E-state index is 0.0548. The minimum Gasteiger partial charge on any atom is -0.383 e. The summed E-state index contributed by atoms with van der Waals surface area (Å²) in [5.74, 6) is 0.112. The molecule has 1 fully saturated rings. The molecule has 0 bridgehead atoms. The topological polar surface area (TPSA) is 53.6 Å². The molecule has 0 aromatic carbocycles. The molecule has 0 aliphatic carbocycles. The second kappa shape index (κ2) is 9.28. The Bertz CT molecular complexity index is 261. The van der Waals surface area contributed by atoms with Gasteiger partial charge in [0.05, 0.1) is 12.6 Å². The van der Waals surface area contributed by atoms with Crippen LogP contribution in [0.1, 0.15) is 33.1 Å². The van der Waals surface area contributed by atoms with Crippen LogP contribution < -0.4 is 10.6 Å². The van der Waals surface area contributed by atoms with E-state index in [2.05, 4.69) is 22.5 Å². The number of ether oxygens (including phenoxy) is 1. The lowest BCUT2D eigenvalue weighted by Crippen LogP contribution is -2.54. The smallest absolute Gasteiger partial charge is 0.237 e. The molecule has 19 heavy (non-hydrogen) atoms. The molecule has 1 heterocycles. The first kappa shape index (κ1) is 16.4. The molecule has 1 aliphatic heterocycles. The Morgan fingerprint density at radius 2 is 2.26 bits per heavy atom. The Balaban J connectivity index is 2.45. The first-order valence-electron chi connectivity index (χ1n) is 7.43. The van der Waals surface area contributed by atoms with Gasteiger partial charge in [0.15, 0.2) is 0 Å². The molecule has 0 aromatic rings. The van der Waals surface area contributed by atoms with Gasteiger partial charge < -0.3 is 15.4 Å². The monoisotopic (exact) mass is 271 g/mol. The Hall–Kier alpha value is -0.650. The highest BCUT2D eigenvalue weighted by Gasteiger charge is 2.29. The Morgan fingerprint density at radius 1 is 1.47 bits per heavy atom. The number of nitrogens with zero attached hydrogens (tertiary/aromatic N) is 1. The van der Waals surface area contributed by atoms with Crippen LogP contribution in [0.15, 0.2) is 0 Å². The third kappa shape index (κ3) is 5.47. The third-order valence-corrected chi connectivity index (χ3v) is 3.78. The van der Waals surface area contributed by atoms with Crippen molar-refractivity contribution in [3.8, 4) is 0 Å². The van der Waals surface area contributed by atoms with Gasteiger partial charge in [-0.05, 0) is 32.9 Å². The predicted octanol–water partition coefficient (Wildman–Crippen LogP) is 0.602. The number of methoxy groups -OCH3 is 1. The third-order valence-electron chi connectivity index (χ3n) is 3.78. The lowest BCUT2D eigenvalue weighted by Gasteiger charge is -2.39. The molecule has 2 atom stereocenters. The first-order valence-corrected chi connectivity index (χ1v) is 7.43. The van der Waals surface area contributed by atoms with Crippen LogP contribution in [0.4, 0.5) is 0 Å². The largest absolute Gasteiger partial charge is 0.383 e. The molecule has 5 heteroatoms. The number of hydrogen-bond acceptors (Lipinski definition) is 4. The van der Waals surface area contributed by atoms with Crippen molar-refractivity contribution in [1.82, 2.24) is 15.5 Å². The van der Waals surface area contributed by atoms with Gasteiger partial charge in [0.1, 0.15) is 0 Å². The maximum absolute atomic E-state index is 12.1. The number of nitrogens with one attached hydrogen (secondary N) is 2. The van der Waals surface area contributed by atoms with E-state index in [1.54, 1.807) is 7.11 Å². The summed E-state index contributed by atoms with van der Waals surface area (Å²) < 4.78 is 4.95. The van der Waals surface area contributed by atoms with E-state index in [9.17, 15) is 4.79 Å². The summed E-state index contributed by atoms with van der Waals surface area (Å²) in [4.78, 5) is 14.4. The fourth-order valence-corrected chi connectivity index (χ4v) is 2.64. The summed E-state index contributed by atoms with van der Waals surface area (Å²) in [5, 5.41) is 6.33. The molecular weight excluding hydrogens is 242 g/mol. The summed E-state index contributed by atoms with van der Waals surface area (Å²) in [6.45, 7) is 8.27. The zero-order chi connectivity index (χ0) is 14.1. The number of likely N-dealkylation sites (N-methyl/N-ethyl adjacent to an activating group) is 1. The molecule has 2 N–H and O–H groups in total. The van der Waals surface area contributed by atoms with Crippen molar-refractivity contribution in [3.63, 3.8) is 0 Å². The Morgan fingerprint density at radius 3 is 2.95 bits per heavy atom. The lowest BCUT2D eigenvalue weighted by atomic mass is 9.99. The molecule has 112 valence electrons. The van der Waals surface area contributed by atoms with Crippen LogP contribution in [0.3, 0.4) is 0 Å². The minimum atomic E-state index is -0.0548. The number of amides is 1. The fraction of sp³-hybridized carbons (Fsp3) is 0.929. The number of carbonyl (C=O) groups is 1. The van der Waals surface area contributed by atoms with E-state index in [1.165, 1.54) is 19.3 Å². The summed E-state index contributed by atoms with van der Waals surface area (Å²) in [7, 11) is 1.65. The van der Waals surface area contributed by atoms with E-state index >= 15 is 0 Å². The summed E-state index contributed by atoms with van der Waals surface area (Å²) in [5.41, 5.74) is 0. The van der Waals surface area contributed by atoms with Crippen molar-refractivity contribution in [2.75, 3.05) is 39.9 Å². The maximum atomic E-state index is 12.1. The van der Waals surface area contributed by atoms with E-state index < -0.39 is 0 Å². The quantitative estimate of drug-likeness (QED) is 0.635. The van der Waals surface area contributed by atoms with Crippen LogP contribution in [0.2, 0.25) is 0 Å². The van der Waals surface area contributed by atoms with Crippen molar-refractivity contribution in [2.24, 2.45) is 0 Å². The van der Waals surface area contributed by atoms with Gasteiger partial charge in [-0.25, -0.2) is 0 Å². The maximum Gasteiger partial charge on any atom is 0.237 e. The molecule has 2 unspecified atom stereocenters. The van der Waals surface area contributed by atoms with Crippen molar-refractivity contribution in [1.29, 1.82) is 0 Å².